The van der Waals surface area contributed by atoms with Crippen molar-refractivity contribution in [1.29, 1.82) is 0 Å². The number of fused-ring (bicyclic) bond motifs is 3. The van der Waals surface area contributed by atoms with E-state index in [1.165, 1.54) is 10.4 Å². The fraction of sp³-hybridized carbons (Fsp3) is 0.222. The molecular weight excluding hydrogens is 308 g/mol. The summed E-state index contributed by atoms with van der Waals surface area (Å²) in [4.78, 5) is 10.5. The predicted molar refractivity (Wildman–Crippen MR) is 92.2 cm³/mol. The van der Waals surface area contributed by atoms with Crippen LogP contribution in [0.5, 0.6) is 5.75 Å². The van der Waals surface area contributed by atoms with E-state index in [9.17, 15) is 0 Å². The van der Waals surface area contributed by atoms with E-state index >= 15 is 0 Å². The van der Waals surface area contributed by atoms with Crippen molar-refractivity contribution in [2.45, 2.75) is 19.8 Å². The van der Waals surface area contributed by atoms with Gasteiger partial charge in [0.1, 0.15) is 17.3 Å². The molecule has 5 heteroatoms. The minimum atomic E-state index is 0.748. The summed E-state index contributed by atoms with van der Waals surface area (Å²) in [5.74, 6) is 2.49. The second-order valence-electron chi connectivity index (χ2n) is 5.50. The standard InChI is InChI=1S/C18H16N2O2S/c1-11-3-6-14(22-11)10-19-18-20-17-15-9-13(21-2)7-4-12(15)5-8-16(17)23-18/h3-4,6-7,9-10H,5,8H2,1-2H3/b19-10+. The highest BCUT2D eigenvalue weighted by atomic mass is 32.1. The Hall–Kier alpha value is -2.40. The van der Waals surface area contributed by atoms with Gasteiger partial charge in [-0.1, -0.05) is 17.4 Å². The van der Waals surface area contributed by atoms with Crippen molar-refractivity contribution in [3.63, 3.8) is 0 Å². The monoisotopic (exact) mass is 324 g/mol. The minimum Gasteiger partial charge on any atom is -0.497 e. The van der Waals surface area contributed by atoms with E-state index in [1.807, 2.05) is 25.1 Å². The maximum absolute atomic E-state index is 5.50. The van der Waals surface area contributed by atoms with Gasteiger partial charge in [-0.3, -0.25) is 0 Å². The first-order chi connectivity index (χ1) is 11.2. The molecule has 4 nitrogen and oxygen atoms in total. The van der Waals surface area contributed by atoms with Gasteiger partial charge < -0.3 is 9.15 Å². The lowest BCUT2D eigenvalue weighted by molar-refractivity contribution is 0.415. The summed E-state index contributed by atoms with van der Waals surface area (Å²) < 4.78 is 10.8. The van der Waals surface area contributed by atoms with Gasteiger partial charge in [0.05, 0.1) is 19.0 Å². The Bertz CT molecular complexity index is 892. The van der Waals surface area contributed by atoms with Crippen molar-refractivity contribution in [2.75, 3.05) is 7.11 Å². The number of benzene rings is 1. The van der Waals surface area contributed by atoms with E-state index in [-0.39, 0.29) is 0 Å². The van der Waals surface area contributed by atoms with Crippen molar-refractivity contribution in [2.24, 2.45) is 4.99 Å². The van der Waals surface area contributed by atoms with Crippen LogP contribution in [0.2, 0.25) is 0 Å². The quantitative estimate of drug-likeness (QED) is 0.663. The first-order valence-electron chi connectivity index (χ1n) is 7.50. The summed E-state index contributed by atoms with van der Waals surface area (Å²) in [5, 5.41) is 0.764. The molecule has 1 aliphatic rings. The van der Waals surface area contributed by atoms with Gasteiger partial charge in [-0.25, -0.2) is 9.98 Å². The van der Waals surface area contributed by atoms with Gasteiger partial charge in [0, 0.05) is 10.4 Å². The lowest BCUT2D eigenvalue weighted by atomic mass is 9.93. The van der Waals surface area contributed by atoms with E-state index in [1.54, 1.807) is 24.7 Å². The van der Waals surface area contributed by atoms with Crippen LogP contribution in [-0.4, -0.2) is 18.3 Å². The number of methoxy groups -OCH3 is 1. The van der Waals surface area contributed by atoms with Crippen LogP contribution < -0.4 is 4.74 Å². The molecule has 0 aliphatic heterocycles. The fourth-order valence-electron chi connectivity index (χ4n) is 2.79. The van der Waals surface area contributed by atoms with Crippen LogP contribution in [-0.2, 0) is 12.8 Å². The van der Waals surface area contributed by atoms with Gasteiger partial charge in [-0.05, 0) is 49.6 Å². The third-order valence-corrected chi connectivity index (χ3v) is 4.97. The SMILES string of the molecule is COc1ccc2c(c1)-c1nc(/N=C/c3ccc(C)o3)sc1CC2. The molecule has 0 bridgehead atoms. The number of aryl methyl sites for hydroxylation is 3. The summed E-state index contributed by atoms with van der Waals surface area (Å²) in [7, 11) is 1.69. The zero-order valence-corrected chi connectivity index (χ0v) is 13.8. The topological polar surface area (TPSA) is 47.6 Å². The predicted octanol–water partition coefficient (Wildman–Crippen LogP) is 4.57. The van der Waals surface area contributed by atoms with Crippen LogP contribution in [0.15, 0.2) is 39.7 Å². The molecule has 2 aromatic heterocycles. The normalized spacial score (nSPS) is 13.1. The molecule has 0 atom stereocenters. The maximum Gasteiger partial charge on any atom is 0.210 e. The molecule has 1 aliphatic carbocycles. The zero-order chi connectivity index (χ0) is 15.8. The van der Waals surface area contributed by atoms with Crippen molar-refractivity contribution >= 4 is 22.7 Å². The summed E-state index contributed by atoms with van der Waals surface area (Å²) in [6.45, 7) is 1.92. The van der Waals surface area contributed by atoms with Gasteiger partial charge >= 0.3 is 0 Å². The van der Waals surface area contributed by atoms with Crippen molar-refractivity contribution in [3.05, 3.63) is 52.3 Å². The van der Waals surface area contributed by atoms with Gasteiger partial charge in [-0.2, -0.15) is 0 Å². The number of furan rings is 1. The Morgan fingerprint density at radius 2 is 2.17 bits per heavy atom. The fourth-order valence-corrected chi connectivity index (χ4v) is 3.70. The third-order valence-electron chi connectivity index (χ3n) is 3.94. The Kier molecular flexibility index (Phi) is 3.50. The first-order valence-corrected chi connectivity index (χ1v) is 8.32. The summed E-state index contributed by atoms with van der Waals surface area (Å²) >= 11 is 1.65. The van der Waals surface area contributed by atoms with Gasteiger partial charge in [0.2, 0.25) is 5.13 Å². The van der Waals surface area contributed by atoms with Crippen LogP contribution in [0.3, 0.4) is 0 Å². The molecule has 0 spiro atoms. The average Bonchev–Trinajstić information content (AvgIpc) is 3.18. The van der Waals surface area contributed by atoms with Gasteiger partial charge in [0.25, 0.3) is 0 Å². The highest BCUT2D eigenvalue weighted by Crippen LogP contribution is 2.40. The Morgan fingerprint density at radius 3 is 2.96 bits per heavy atom. The molecule has 0 amide bonds. The van der Waals surface area contributed by atoms with E-state index in [0.29, 0.717) is 0 Å². The van der Waals surface area contributed by atoms with Crippen molar-refractivity contribution in [1.82, 2.24) is 4.98 Å². The minimum absolute atomic E-state index is 0.748. The number of ether oxygens (including phenoxy) is 1. The number of nitrogens with zero attached hydrogens (tertiary/aromatic N) is 2. The molecule has 0 saturated heterocycles. The molecule has 116 valence electrons. The highest BCUT2D eigenvalue weighted by Gasteiger charge is 2.21. The van der Waals surface area contributed by atoms with Gasteiger partial charge in [-0.15, -0.1) is 0 Å². The number of hydrogen-bond acceptors (Lipinski definition) is 5. The Balaban J connectivity index is 1.69. The summed E-state index contributed by atoms with van der Waals surface area (Å²) in [6.07, 6.45) is 3.78. The zero-order valence-electron chi connectivity index (χ0n) is 13.0. The molecule has 0 unspecified atom stereocenters. The smallest absolute Gasteiger partial charge is 0.210 e. The molecule has 23 heavy (non-hydrogen) atoms. The highest BCUT2D eigenvalue weighted by molar-refractivity contribution is 7.15. The first kappa shape index (κ1) is 14.2. The third kappa shape index (κ3) is 2.68. The molecule has 0 fully saturated rings. The van der Waals surface area contributed by atoms with E-state index in [4.69, 9.17) is 14.1 Å². The van der Waals surface area contributed by atoms with E-state index in [2.05, 4.69) is 17.1 Å². The van der Waals surface area contributed by atoms with E-state index in [0.717, 1.165) is 46.5 Å². The van der Waals surface area contributed by atoms with Crippen LogP contribution in [0.4, 0.5) is 5.13 Å². The molecule has 1 aromatic carbocycles. The maximum atomic E-state index is 5.50. The summed E-state index contributed by atoms with van der Waals surface area (Å²) in [5.41, 5.74) is 3.52. The number of thiazole rings is 1. The molecule has 3 aromatic rings. The van der Waals surface area contributed by atoms with Crippen LogP contribution in [0.1, 0.15) is 22.0 Å². The number of hydrogen-bond donors (Lipinski definition) is 0. The molecule has 0 saturated carbocycles. The molecule has 4 rings (SSSR count). The largest absolute Gasteiger partial charge is 0.497 e. The molecular formula is C18H16N2O2S. The van der Waals surface area contributed by atoms with Crippen molar-refractivity contribution < 1.29 is 9.15 Å². The van der Waals surface area contributed by atoms with Crippen LogP contribution in [0.25, 0.3) is 11.3 Å². The summed E-state index contributed by atoms with van der Waals surface area (Å²) in [6, 6.07) is 10.0. The number of aliphatic imine (C=N–C) groups is 1. The number of aromatic nitrogens is 1. The second kappa shape index (κ2) is 5.66. The van der Waals surface area contributed by atoms with E-state index < -0.39 is 0 Å². The molecule has 2 heterocycles. The Labute approximate surface area is 138 Å². The number of rotatable bonds is 3. The second-order valence-corrected chi connectivity index (χ2v) is 6.56. The van der Waals surface area contributed by atoms with Crippen molar-refractivity contribution in [3.8, 4) is 17.0 Å². The van der Waals surface area contributed by atoms with Crippen LogP contribution in [0, 0.1) is 6.92 Å². The van der Waals surface area contributed by atoms with Gasteiger partial charge in [0.15, 0.2) is 0 Å². The lowest BCUT2D eigenvalue weighted by Crippen LogP contribution is -2.02. The molecule has 0 radical (unpaired) electrons. The Morgan fingerprint density at radius 1 is 1.26 bits per heavy atom. The average molecular weight is 324 g/mol. The lowest BCUT2D eigenvalue weighted by Gasteiger charge is -2.15. The molecule has 0 N–H and O–H groups in total. The van der Waals surface area contributed by atoms with Crippen LogP contribution >= 0.6 is 11.3 Å².